The Kier molecular flexibility index (Phi) is 6.55. The van der Waals surface area contributed by atoms with Crippen molar-refractivity contribution in [2.75, 3.05) is 20.8 Å². The van der Waals surface area contributed by atoms with Gasteiger partial charge in [-0.1, -0.05) is 60.7 Å². The number of hydrogen-bond acceptors (Lipinski definition) is 4. The standard InChI is InChI=1S/C18H23NO3/c1-21-16(22-2)13-19-17(14-9-5-3-6-10-14)18(20)15-11-7-4-8-12-15/h3-12,16-20H,13H2,1-2H3. The van der Waals surface area contributed by atoms with Gasteiger partial charge in [-0.05, 0) is 11.1 Å². The molecule has 0 radical (unpaired) electrons. The van der Waals surface area contributed by atoms with Gasteiger partial charge in [0.25, 0.3) is 0 Å². The van der Waals surface area contributed by atoms with Crippen LogP contribution < -0.4 is 5.32 Å². The molecule has 2 rings (SSSR count). The van der Waals surface area contributed by atoms with E-state index in [2.05, 4.69) is 5.32 Å². The lowest BCUT2D eigenvalue weighted by Gasteiger charge is -2.26. The summed E-state index contributed by atoms with van der Waals surface area (Å²) in [6.45, 7) is 0.483. The minimum Gasteiger partial charge on any atom is -0.386 e. The van der Waals surface area contributed by atoms with Gasteiger partial charge in [-0.15, -0.1) is 0 Å². The van der Waals surface area contributed by atoms with E-state index in [1.54, 1.807) is 14.2 Å². The average molecular weight is 301 g/mol. The summed E-state index contributed by atoms with van der Waals surface area (Å²) in [7, 11) is 3.20. The van der Waals surface area contributed by atoms with Crippen molar-refractivity contribution in [1.29, 1.82) is 0 Å². The number of ether oxygens (including phenoxy) is 2. The molecule has 0 heterocycles. The Bertz CT molecular complexity index is 529. The van der Waals surface area contributed by atoms with Crippen LogP contribution in [-0.4, -0.2) is 32.2 Å². The van der Waals surface area contributed by atoms with E-state index in [4.69, 9.17) is 9.47 Å². The number of benzene rings is 2. The molecular formula is C18H23NO3. The first-order valence-electron chi connectivity index (χ1n) is 7.33. The van der Waals surface area contributed by atoms with Gasteiger partial charge in [0.15, 0.2) is 6.29 Å². The molecule has 0 bridgehead atoms. The molecule has 0 aliphatic rings. The van der Waals surface area contributed by atoms with Crippen LogP contribution in [0.25, 0.3) is 0 Å². The monoisotopic (exact) mass is 301 g/mol. The van der Waals surface area contributed by atoms with Gasteiger partial charge < -0.3 is 19.9 Å². The highest BCUT2D eigenvalue weighted by atomic mass is 16.7. The molecule has 2 N–H and O–H groups in total. The minimum atomic E-state index is -0.655. The summed E-state index contributed by atoms with van der Waals surface area (Å²) >= 11 is 0. The number of methoxy groups -OCH3 is 2. The molecule has 2 aromatic rings. The summed E-state index contributed by atoms with van der Waals surface area (Å²) in [6, 6.07) is 19.3. The smallest absolute Gasteiger partial charge is 0.169 e. The molecule has 4 nitrogen and oxygen atoms in total. The molecule has 0 aromatic heterocycles. The molecule has 0 amide bonds. The van der Waals surface area contributed by atoms with Gasteiger partial charge in [-0.3, -0.25) is 0 Å². The molecule has 2 atom stereocenters. The molecule has 2 unspecified atom stereocenters. The zero-order valence-corrected chi connectivity index (χ0v) is 13.0. The van der Waals surface area contributed by atoms with Crippen LogP contribution in [0.15, 0.2) is 60.7 Å². The number of rotatable bonds is 8. The average Bonchev–Trinajstić information content (AvgIpc) is 2.60. The van der Waals surface area contributed by atoms with Gasteiger partial charge in [0, 0.05) is 20.8 Å². The van der Waals surface area contributed by atoms with Gasteiger partial charge in [0.2, 0.25) is 0 Å². The number of aliphatic hydroxyl groups excluding tert-OH is 1. The summed E-state index contributed by atoms with van der Waals surface area (Å²) in [5.41, 5.74) is 1.89. The van der Waals surface area contributed by atoms with E-state index in [-0.39, 0.29) is 12.3 Å². The van der Waals surface area contributed by atoms with E-state index >= 15 is 0 Å². The molecule has 118 valence electrons. The Balaban J connectivity index is 2.18. The second-order valence-electron chi connectivity index (χ2n) is 5.05. The molecule has 0 aliphatic carbocycles. The second kappa shape index (κ2) is 8.66. The lowest BCUT2D eigenvalue weighted by atomic mass is 9.96. The van der Waals surface area contributed by atoms with Gasteiger partial charge >= 0.3 is 0 Å². The number of aliphatic hydroxyl groups is 1. The van der Waals surface area contributed by atoms with Crippen molar-refractivity contribution in [3.63, 3.8) is 0 Å². The van der Waals surface area contributed by atoms with Gasteiger partial charge in [0.1, 0.15) is 0 Å². The van der Waals surface area contributed by atoms with Crippen molar-refractivity contribution in [2.45, 2.75) is 18.4 Å². The van der Waals surface area contributed by atoms with Crippen molar-refractivity contribution in [1.82, 2.24) is 5.32 Å². The zero-order valence-electron chi connectivity index (χ0n) is 13.0. The Morgan fingerprint density at radius 3 is 1.86 bits per heavy atom. The van der Waals surface area contributed by atoms with Gasteiger partial charge in [-0.25, -0.2) is 0 Å². The third-order valence-corrected chi connectivity index (χ3v) is 3.65. The molecule has 22 heavy (non-hydrogen) atoms. The van der Waals surface area contributed by atoms with Crippen molar-refractivity contribution in [3.05, 3.63) is 71.8 Å². The first kappa shape index (κ1) is 16.6. The molecule has 0 saturated heterocycles. The number of nitrogens with one attached hydrogen (secondary N) is 1. The highest BCUT2D eigenvalue weighted by Crippen LogP contribution is 2.28. The summed E-state index contributed by atoms with van der Waals surface area (Å²) < 4.78 is 10.4. The maximum atomic E-state index is 10.7. The highest BCUT2D eigenvalue weighted by Gasteiger charge is 2.23. The minimum absolute atomic E-state index is 0.239. The Morgan fingerprint density at radius 1 is 0.864 bits per heavy atom. The molecule has 0 spiro atoms. The molecule has 2 aromatic carbocycles. The Labute approximate surface area is 131 Å². The SMILES string of the molecule is COC(CNC(c1ccccc1)C(O)c1ccccc1)OC. The Hall–Kier alpha value is -1.72. The van der Waals surface area contributed by atoms with Crippen LogP contribution in [-0.2, 0) is 9.47 Å². The largest absolute Gasteiger partial charge is 0.386 e. The van der Waals surface area contributed by atoms with Crippen LogP contribution in [0.4, 0.5) is 0 Å². The van der Waals surface area contributed by atoms with Crippen LogP contribution in [0.5, 0.6) is 0 Å². The van der Waals surface area contributed by atoms with Gasteiger partial charge in [0.05, 0.1) is 12.1 Å². The maximum absolute atomic E-state index is 10.7. The van der Waals surface area contributed by atoms with Crippen LogP contribution in [0.2, 0.25) is 0 Å². The molecule has 0 aliphatic heterocycles. The number of hydrogen-bond donors (Lipinski definition) is 2. The topological polar surface area (TPSA) is 50.7 Å². The molecule has 0 saturated carbocycles. The normalized spacial score (nSPS) is 14.0. The quantitative estimate of drug-likeness (QED) is 0.736. The highest BCUT2D eigenvalue weighted by molar-refractivity contribution is 5.26. The lowest BCUT2D eigenvalue weighted by Crippen LogP contribution is -2.35. The first-order valence-corrected chi connectivity index (χ1v) is 7.33. The fourth-order valence-electron chi connectivity index (χ4n) is 2.40. The third kappa shape index (κ3) is 4.39. The molecular weight excluding hydrogens is 278 g/mol. The summed E-state index contributed by atoms with van der Waals surface area (Å²) in [5, 5.41) is 14.1. The van der Waals surface area contributed by atoms with Crippen molar-refractivity contribution in [2.24, 2.45) is 0 Å². The lowest BCUT2D eigenvalue weighted by molar-refractivity contribution is -0.101. The Morgan fingerprint density at radius 2 is 1.36 bits per heavy atom. The second-order valence-corrected chi connectivity index (χ2v) is 5.05. The summed E-state index contributed by atoms with van der Waals surface area (Å²) in [4.78, 5) is 0. The van der Waals surface area contributed by atoms with Crippen LogP contribution >= 0.6 is 0 Å². The van der Waals surface area contributed by atoms with Gasteiger partial charge in [-0.2, -0.15) is 0 Å². The maximum Gasteiger partial charge on any atom is 0.169 e. The third-order valence-electron chi connectivity index (χ3n) is 3.65. The van der Waals surface area contributed by atoms with Crippen LogP contribution in [0, 0.1) is 0 Å². The van der Waals surface area contributed by atoms with E-state index < -0.39 is 6.10 Å². The fourth-order valence-corrected chi connectivity index (χ4v) is 2.40. The van der Waals surface area contributed by atoms with Crippen molar-refractivity contribution in [3.8, 4) is 0 Å². The van der Waals surface area contributed by atoms with Crippen LogP contribution in [0.1, 0.15) is 23.3 Å². The summed E-state index contributed by atoms with van der Waals surface area (Å²) in [5.74, 6) is 0. The van der Waals surface area contributed by atoms with Crippen molar-refractivity contribution >= 4 is 0 Å². The van der Waals surface area contributed by atoms with Crippen LogP contribution in [0.3, 0.4) is 0 Å². The van der Waals surface area contributed by atoms with E-state index in [1.807, 2.05) is 60.7 Å². The first-order chi connectivity index (χ1) is 10.8. The van der Waals surface area contributed by atoms with E-state index in [9.17, 15) is 5.11 Å². The fraction of sp³-hybridized carbons (Fsp3) is 0.333. The molecule has 4 heteroatoms. The molecule has 0 fully saturated rings. The predicted molar refractivity (Wildman–Crippen MR) is 86.4 cm³/mol. The predicted octanol–water partition coefficient (Wildman–Crippen LogP) is 2.67. The van der Waals surface area contributed by atoms with E-state index in [1.165, 1.54) is 0 Å². The van der Waals surface area contributed by atoms with Crippen molar-refractivity contribution < 1.29 is 14.6 Å². The van der Waals surface area contributed by atoms with E-state index in [0.717, 1.165) is 11.1 Å². The zero-order chi connectivity index (χ0) is 15.8. The summed E-state index contributed by atoms with van der Waals surface area (Å²) in [6.07, 6.45) is -1.01. The van der Waals surface area contributed by atoms with E-state index in [0.29, 0.717) is 6.54 Å².